The van der Waals surface area contributed by atoms with Crippen molar-refractivity contribution in [3.05, 3.63) is 57.8 Å². The number of ether oxygens (including phenoxy) is 3. The van der Waals surface area contributed by atoms with E-state index in [-0.39, 0.29) is 26.1 Å². The number of halogens is 3. The standard InChI is InChI=1S/C25H25Cl2FO6/c1-3-22(29)32-13-17(14-33-23(30)4-2)34-24(31)25(9-10-25)16-6-7-18(21(28)12-16)15-5-8-19(26)20(27)11-15/h5-8,11-12,17H,3-4,9-10,13-14H2,1-2H3. The zero-order chi connectivity index (χ0) is 24.9. The van der Waals surface area contributed by atoms with Crippen LogP contribution in [0.3, 0.4) is 0 Å². The van der Waals surface area contributed by atoms with Crippen LogP contribution in [-0.2, 0) is 34.0 Å². The van der Waals surface area contributed by atoms with Gasteiger partial charge >= 0.3 is 17.9 Å². The molecule has 1 aliphatic rings. The highest BCUT2D eigenvalue weighted by Gasteiger charge is 2.53. The molecule has 1 aliphatic carbocycles. The molecule has 0 heterocycles. The fourth-order valence-electron chi connectivity index (χ4n) is 3.40. The van der Waals surface area contributed by atoms with Crippen LogP contribution in [-0.4, -0.2) is 37.2 Å². The van der Waals surface area contributed by atoms with Crippen molar-refractivity contribution in [1.82, 2.24) is 0 Å². The third-order valence-electron chi connectivity index (χ3n) is 5.60. The van der Waals surface area contributed by atoms with Crippen molar-refractivity contribution in [2.45, 2.75) is 51.0 Å². The normalized spacial score (nSPS) is 13.9. The minimum absolute atomic E-state index is 0.157. The molecule has 0 amide bonds. The number of hydrogen-bond acceptors (Lipinski definition) is 6. The van der Waals surface area contributed by atoms with Crippen molar-refractivity contribution in [3.63, 3.8) is 0 Å². The third kappa shape index (κ3) is 6.07. The van der Waals surface area contributed by atoms with E-state index < -0.39 is 35.2 Å². The lowest BCUT2D eigenvalue weighted by Gasteiger charge is -2.22. The van der Waals surface area contributed by atoms with Gasteiger partial charge in [0.05, 0.1) is 15.5 Å². The van der Waals surface area contributed by atoms with E-state index in [1.165, 1.54) is 6.07 Å². The second-order valence-corrected chi connectivity index (χ2v) is 8.82. The van der Waals surface area contributed by atoms with Gasteiger partial charge in [-0.05, 0) is 42.2 Å². The van der Waals surface area contributed by atoms with Gasteiger partial charge in [-0.2, -0.15) is 0 Å². The Hall–Kier alpha value is -2.64. The maximum absolute atomic E-state index is 15.0. The highest BCUT2D eigenvalue weighted by atomic mass is 35.5. The van der Waals surface area contributed by atoms with E-state index in [4.69, 9.17) is 37.4 Å². The van der Waals surface area contributed by atoms with Crippen LogP contribution >= 0.6 is 23.2 Å². The predicted molar refractivity (Wildman–Crippen MR) is 125 cm³/mol. The fourth-order valence-corrected chi connectivity index (χ4v) is 3.70. The number of carbonyl (C=O) groups is 3. The smallest absolute Gasteiger partial charge is 0.317 e. The summed E-state index contributed by atoms with van der Waals surface area (Å²) in [6, 6.07) is 9.40. The summed E-state index contributed by atoms with van der Waals surface area (Å²) in [6.07, 6.45) is 0.311. The second-order valence-electron chi connectivity index (χ2n) is 8.01. The lowest BCUT2D eigenvalue weighted by Crippen LogP contribution is -2.35. The Morgan fingerprint density at radius 2 is 1.56 bits per heavy atom. The molecule has 34 heavy (non-hydrogen) atoms. The molecular formula is C25H25Cl2FO6. The molecule has 9 heteroatoms. The summed E-state index contributed by atoms with van der Waals surface area (Å²) in [5.41, 5.74) is 0.358. The number of rotatable bonds is 10. The van der Waals surface area contributed by atoms with Gasteiger partial charge in [0.2, 0.25) is 0 Å². The van der Waals surface area contributed by atoms with Crippen LogP contribution in [0.4, 0.5) is 4.39 Å². The summed E-state index contributed by atoms with van der Waals surface area (Å²) < 4.78 is 30.7. The topological polar surface area (TPSA) is 78.9 Å². The predicted octanol–water partition coefficient (Wildman–Crippen LogP) is 5.65. The van der Waals surface area contributed by atoms with Crippen LogP contribution in [0.2, 0.25) is 10.0 Å². The maximum Gasteiger partial charge on any atom is 0.317 e. The van der Waals surface area contributed by atoms with E-state index in [9.17, 15) is 14.4 Å². The second kappa shape index (κ2) is 11.2. The first kappa shape index (κ1) is 26.0. The molecule has 0 unspecified atom stereocenters. The molecule has 2 aromatic rings. The van der Waals surface area contributed by atoms with Crippen LogP contribution in [0.1, 0.15) is 45.1 Å². The fraction of sp³-hybridized carbons (Fsp3) is 0.400. The van der Waals surface area contributed by atoms with E-state index in [2.05, 4.69) is 0 Å². The maximum atomic E-state index is 15.0. The van der Waals surface area contributed by atoms with Crippen molar-refractivity contribution >= 4 is 41.1 Å². The van der Waals surface area contributed by atoms with Crippen LogP contribution in [0.15, 0.2) is 36.4 Å². The van der Waals surface area contributed by atoms with Gasteiger partial charge in [0.25, 0.3) is 0 Å². The summed E-state index contributed by atoms with van der Waals surface area (Å²) in [4.78, 5) is 36.1. The number of hydrogen-bond donors (Lipinski definition) is 0. The highest BCUT2D eigenvalue weighted by Crippen LogP contribution is 2.50. The molecule has 0 saturated heterocycles. The molecule has 6 nitrogen and oxygen atoms in total. The van der Waals surface area contributed by atoms with Crippen LogP contribution in [0, 0.1) is 5.82 Å². The quantitative estimate of drug-likeness (QED) is 0.303. The van der Waals surface area contributed by atoms with Crippen molar-refractivity contribution in [2.24, 2.45) is 0 Å². The summed E-state index contributed by atoms with van der Waals surface area (Å²) in [7, 11) is 0. The van der Waals surface area contributed by atoms with Gasteiger partial charge in [0.15, 0.2) is 6.10 Å². The van der Waals surface area contributed by atoms with Crippen LogP contribution in [0.25, 0.3) is 11.1 Å². The Morgan fingerprint density at radius 1 is 0.941 bits per heavy atom. The van der Waals surface area contributed by atoms with Gasteiger partial charge < -0.3 is 14.2 Å². The summed E-state index contributed by atoms with van der Waals surface area (Å²) in [5.74, 6) is -2.03. The molecule has 0 radical (unpaired) electrons. The molecule has 0 bridgehead atoms. The lowest BCUT2D eigenvalue weighted by molar-refractivity contribution is -0.168. The minimum atomic E-state index is -1.00. The molecule has 2 aromatic carbocycles. The zero-order valence-corrected chi connectivity index (χ0v) is 20.4. The first-order valence-corrected chi connectivity index (χ1v) is 11.7. The molecule has 1 saturated carbocycles. The summed E-state index contributed by atoms with van der Waals surface area (Å²) in [5, 5.41) is 0.675. The Kier molecular flexibility index (Phi) is 8.55. The Balaban J connectivity index is 1.76. The Morgan fingerprint density at radius 3 is 2.06 bits per heavy atom. The van der Waals surface area contributed by atoms with E-state index in [0.29, 0.717) is 39.6 Å². The SMILES string of the molecule is CCC(=O)OCC(COC(=O)CC)OC(=O)C1(c2ccc(-c3ccc(Cl)c(Cl)c3)c(F)c2)CC1. The van der Waals surface area contributed by atoms with Crippen molar-refractivity contribution in [3.8, 4) is 11.1 Å². The number of carbonyl (C=O) groups excluding carboxylic acids is 3. The summed E-state index contributed by atoms with van der Waals surface area (Å²) in [6.45, 7) is 2.79. The largest absolute Gasteiger partial charge is 0.462 e. The van der Waals surface area contributed by atoms with Gasteiger partial charge in [0.1, 0.15) is 19.0 Å². The monoisotopic (exact) mass is 510 g/mol. The van der Waals surface area contributed by atoms with Gasteiger partial charge in [-0.15, -0.1) is 0 Å². The van der Waals surface area contributed by atoms with Crippen molar-refractivity contribution in [1.29, 1.82) is 0 Å². The van der Waals surface area contributed by atoms with E-state index in [1.54, 1.807) is 44.2 Å². The van der Waals surface area contributed by atoms with Gasteiger partial charge in [-0.3, -0.25) is 14.4 Å². The zero-order valence-electron chi connectivity index (χ0n) is 18.9. The van der Waals surface area contributed by atoms with E-state index in [1.807, 2.05) is 0 Å². The average molecular weight is 511 g/mol. The third-order valence-corrected chi connectivity index (χ3v) is 6.34. The van der Waals surface area contributed by atoms with Gasteiger partial charge in [-0.25, -0.2) is 4.39 Å². The first-order chi connectivity index (χ1) is 16.2. The van der Waals surface area contributed by atoms with Crippen molar-refractivity contribution in [2.75, 3.05) is 13.2 Å². The molecule has 0 atom stereocenters. The van der Waals surface area contributed by atoms with E-state index >= 15 is 4.39 Å². The first-order valence-electron chi connectivity index (χ1n) is 11.0. The number of benzene rings is 2. The molecular weight excluding hydrogens is 486 g/mol. The molecule has 0 N–H and O–H groups in total. The minimum Gasteiger partial charge on any atom is -0.462 e. The van der Waals surface area contributed by atoms with Crippen LogP contribution < -0.4 is 0 Å². The molecule has 0 spiro atoms. The van der Waals surface area contributed by atoms with Crippen molar-refractivity contribution < 1.29 is 33.0 Å². The average Bonchev–Trinajstić information content (AvgIpc) is 3.64. The molecule has 0 aliphatic heterocycles. The Labute approximate surface area is 207 Å². The molecule has 182 valence electrons. The highest BCUT2D eigenvalue weighted by molar-refractivity contribution is 6.42. The Bertz CT molecular complexity index is 1060. The number of esters is 3. The van der Waals surface area contributed by atoms with Crippen LogP contribution in [0.5, 0.6) is 0 Å². The van der Waals surface area contributed by atoms with Gasteiger partial charge in [0, 0.05) is 18.4 Å². The molecule has 1 fully saturated rings. The lowest BCUT2D eigenvalue weighted by atomic mass is 9.93. The summed E-state index contributed by atoms with van der Waals surface area (Å²) >= 11 is 12.0. The molecule has 0 aromatic heterocycles. The van der Waals surface area contributed by atoms with Gasteiger partial charge in [-0.1, -0.05) is 55.2 Å². The van der Waals surface area contributed by atoms with E-state index in [0.717, 1.165) is 0 Å². The molecule has 3 rings (SSSR count).